The van der Waals surface area contributed by atoms with Gasteiger partial charge in [-0.25, -0.2) is 0 Å². The summed E-state index contributed by atoms with van der Waals surface area (Å²) in [5, 5.41) is 0. The Morgan fingerprint density at radius 2 is 1.73 bits per heavy atom. The van der Waals surface area contributed by atoms with Crippen LogP contribution in [-0.2, 0) is 4.74 Å². The highest BCUT2D eigenvalue weighted by Crippen LogP contribution is 2.24. The van der Waals surface area contributed by atoms with Crippen LogP contribution in [0.25, 0.3) is 0 Å². The van der Waals surface area contributed by atoms with E-state index < -0.39 is 0 Å². The molecule has 0 aliphatic heterocycles. The minimum absolute atomic E-state index is 0.273. The molecule has 0 spiro atoms. The van der Waals surface area contributed by atoms with Crippen LogP contribution in [0.3, 0.4) is 0 Å². The molecule has 15 heavy (non-hydrogen) atoms. The maximum atomic E-state index is 6.18. The highest BCUT2D eigenvalue weighted by molar-refractivity contribution is 4.74. The van der Waals surface area contributed by atoms with Crippen molar-refractivity contribution >= 4 is 0 Å². The van der Waals surface area contributed by atoms with E-state index in [0.717, 1.165) is 19.6 Å². The minimum atomic E-state index is 0.273. The second-order valence-corrected chi connectivity index (χ2v) is 4.84. The molecule has 1 saturated carbocycles. The predicted octanol–water partition coefficient (Wildman–Crippen LogP) is 3.10. The molecule has 90 valence electrons. The van der Waals surface area contributed by atoms with Gasteiger partial charge < -0.3 is 10.5 Å². The van der Waals surface area contributed by atoms with E-state index in [2.05, 4.69) is 6.92 Å². The van der Waals surface area contributed by atoms with Crippen molar-refractivity contribution in [1.29, 1.82) is 0 Å². The summed E-state index contributed by atoms with van der Waals surface area (Å²) in [6, 6.07) is 0.273. The first-order valence-corrected chi connectivity index (χ1v) is 6.68. The highest BCUT2D eigenvalue weighted by atomic mass is 16.5. The topological polar surface area (TPSA) is 35.2 Å². The summed E-state index contributed by atoms with van der Waals surface area (Å²) in [6.45, 7) is 3.76. The fourth-order valence-corrected chi connectivity index (χ4v) is 2.42. The average molecular weight is 213 g/mol. The SMILES string of the molecule is CCCOCC(N)C1CCCCCCC1. The van der Waals surface area contributed by atoms with Gasteiger partial charge in [0.2, 0.25) is 0 Å². The van der Waals surface area contributed by atoms with Crippen LogP contribution in [0.15, 0.2) is 0 Å². The lowest BCUT2D eigenvalue weighted by Crippen LogP contribution is -2.35. The summed E-state index contributed by atoms with van der Waals surface area (Å²) < 4.78 is 5.54. The molecule has 0 heterocycles. The molecule has 0 bridgehead atoms. The molecular weight excluding hydrogens is 186 g/mol. The van der Waals surface area contributed by atoms with Gasteiger partial charge in [0.05, 0.1) is 6.61 Å². The van der Waals surface area contributed by atoms with Crippen molar-refractivity contribution < 1.29 is 4.74 Å². The summed E-state index contributed by atoms with van der Waals surface area (Å²) in [4.78, 5) is 0. The predicted molar refractivity (Wildman–Crippen MR) is 64.9 cm³/mol. The number of hydrogen-bond donors (Lipinski definition) is 1. The molecule has 0 radical (unpaired) electrons. The Kier molecular flexibility index (Phi) is 7.03. The van der Waals surface area contributed by atoms with Gasteiger partial charge in [-0.15, -0.1) is 0 Å². The Morgan fingerprint density at radius 1 is 1.13 bits per heavy atom. The molecule has 1 aliphatic rings. The molecule has 2 nitrogen and oxygen atoms in total. The van der Waals surface area contributed by atoms with Crippen LogP contribution in [0.4, 0.5) is 0 Å². The lowest BCUT2D eigenvalue weighted by molar-refractivity contribution is 0.100. The normalized spacial score (nSPS) is 22.0. The van der Waals surface area contributed by atoms with Gasteiger partial charge in [0.1, 0.15) is 0 Å². The zero-order valence-electron chi connectivity index (χ0n) is 10.2. The van der Waals surface area contributed by atoms with Crippen molar-refractivity contribution in [2.24, 2.45) is 11.7 Å². The van der Waals surface area contributed by atoms with Crippen molar-refractivity contribution in [3.05, 3.63) is 0 Å². The number of hydrogen-bond acceptors (Lipinski definition) is 2. The molecule has 0 aromatic carbocycles. The summed E-state index contributed by atoms with van der Waals surface area (Å²) in [5.74, 6) is 0.710. The van der Waals surface area contributed by atoms with Gasteiger partial charge in [-0.2, -0.15) is 0 Å². The Labute approximate surface area is 94.6 Å². The zero-order chi connectivity index (χ0) is 10.9. The van der Waals surface area contributed by atoms with Crippen molar-refractivity contribution in [3.63, 3.8) is 0 Å². The summed E-state index contributed by atoms with van der Waals surface area (Å²) in [5.41, 5.74) is 6.18. The van der Waals surface area contributed by atoms with Crippen molar-refractivity contribution in [2.75, 3.05) is 13.2 Å². The molecular formula is C13H27NO. The van der Waals surface area contributed by atoms with E-state index in [0.29, 0.717) is 5.92 Å². The van der Waals surface area contributed by atoms with Gasteiger partial charge in [-0.05, 0) is 25.2 Å². The number of rotatable bonds is 5. The number of ether oxygens (including phenoxy) is 1. The maximum Gasteiger partial charge on any atom is 0.0620 e. The van der Waals surface area contributed by atoms with Crippen LogP contribution in [0, 0.1) is 5.92 Å². The van der Waals surface area contributed by atoms with Crippen LogP contribution in [0.2, 0.25) is 0 Å². The fourth-order valence-electron chi connectivity index (χ4n) is 2.42. The lowest BCUT2D eigenvalue weighted by Gasteiger charge is -2.25. The van der Waals surface area contributed by atoms with Crippen molar-refractivity contribution in [3.8, 4) is 0 Å². The third-order valence-corrected chi connectivity index (χ3v) is 3.41. The third-order valence-electron chi connectivity index (χ3n) is 3.41. The van der Waals surface area contributed by atoms with Crippen LogP contribution in [-0.4, -0.2) is 19.3 Å². The molecule has 2 heteroatoms. The van der Waals surface area contributed by atoms with Gasteiger partial charge in [0.25, 0.3) is 0 Å². The largest absolute Gasteiger partial charge is 0.380 e. The van der Waals surface area contributed by atoms with E-state index in [-0.39, 0.29) is 6.04 Å². The molecule has 1 rings (SSSR count). The molecule has 1 aliphatic carbocycles. The Bertz CT molecular complexity index is 141. The third kappa shape index (κ3) is 5.53. The van der Waals surface area contributed by atoms with Crippen LogP contribution >= 0.6 is 0 Å². The van der Waals surface area contributed by atoms with Crippen LogP contribution < -0.4 is 5.73 Å². The van der Waals surface area contributed by atoms with Crippen LogP contribution in [0.1, 0.15) is 58.3 Å². The maximum absolute atomic E-state index is 6.18. The lowest BCUT2D eigenvalue weighted by atomic mass is 9.86. The van der Waals surface area contributed by atoms with Gasteiger partial charge in [0.15, 0.2) is 0 Å². The van der Waals surface area contributed by atoms with Crippen molar-refractivity contribution in [2.45, 2.75) is 64.3 Å². The smallest absolute Gasteiger partial charge is 0.0620 e. The van der Waals surface area contributed by atoms with E-state index in [9.17, 15) is 0 Å². The first-order valence-electron chi connectivity index (χ1n) is 6.68. The van der Waals surface area contributed by atoms with E-state index in [1.54, 1.807) is 0 Å². The highest BCUT2D eigenvalue weighted by Gasteiger charge is 2.18. The van der Waals surface area contributed by atoms with E-state index in [4.69, 9.17) is 10.5 Å². The molecule has 0 aromatic rings. The van der Waals surface area contributed by atoms with Gasteiger partial charge in [0, 0.05) is 12.6 Å². The molecule has 1 atom stereocenters. The monoisotopic (exact) mass is 213 g/mol. The first-order chi connectivity index (χ1) is 7.34. The Balaban J connectivity index is 2.19. The zero-order valence-corrected chi connectivity index (χ0v) is 10.2. The van der Waals surface area contributed by atoms with E-state index in [1.165, 1.54) is 44.9 Å². The van der Waals surface area contributed by atoms with Gasteiger partial charge in [-0.3, -0.25) is 0 Å². The standard InChI is InChI=1S/C13H27NO/c1-2-10-15-11-13(14)12-8-6-4-3-5-7-9-12/h12-13H,2-11,14H2,1H3. The average Bonchev–Trinajstić information content (AvgIpc) is 2.17. The van der Waals surface area contributed by atoms with Gasteiger partial charge in [-0.1, -0.05) is 39.0 Å². The molecule has 0 saturated heterocycles. The molecule has 0 aromatic heterocycles. The van der Waals surface area contributed by atoms with Crippen LogP contribution in [0.5, 0.6) is 0 Å². The van der Waals surface area contributed by atoms with E-state index >= 15 is 0 Å². The summed E-state index contributed by atoms with van der Waals surface area (Å²) in [7, 11) is 0. The second-order valence-electron chi connectivity index (χ2n) is 4.84. The molecule has 1 unspecified atom stereocenters. The molecule has 1 fully saturated rings. The molecule has 2 N–H and O–H groups in total. The quantitative estimate of drug-likeness (QED) is 0.712. The summed E-state index contributed by atoms with van der Waals surface area (Å²) in [6.07, 6.45) is 10.7. The molecule has 0 amide bonds. The first kappa shape index (κ1) is 13.0. The minimum Gasteiger partial charge on any atom is -0.380 e. The fraction of sp³-hybridized carbons (Fsp3) is 1.00. The van der Waals surface area contributed by atoms with Crippen molar-refractivity contribution in [1.82, 2.24) is 0 Å². The summed E-state index contributed by atoms with van der Waals surface area (Å²) >= 11 is 0. The van der Waals surface area contributed by atoms with Gasteiger partial charge >= 0.3 is 0 Å². The second kappa shape index (κ2) is 8.12. The Hall–Kier alpha value is -0.0800. The number of nitrogens with two attached hydrogens (primary N) is 1. The Morgan fingerprint density at radius 3 is 2.33 bits per heavy atom. The van der Waals surface area contributed by atoms with E-state index in [1.807, 2.05) is 0 Å².